The van der Waals surface area contributed by atoms with Crippen molar-refractivity contribution in [3.63, 3.8) is 0 Å². The fourth-order valence-corrected chi connectivity index (χ4v) is 4.27. The number of aromatic nitrogens is 1. The van der Waals surface area contributed by atoms with Gasteiger partial charge in [0.2, 0.25) is 5.88 Å². The first-order valence-corrected chi connectivity index (χ1v) is 11.3. The molecule has 2 aliphatic rings. The summed E-state index contributed by atoms with van der Waals surface area (Å²) in [6.07, 6.45) is 0.327. The van der Waals surface area contributed by atoms with E-state index in [4.69, 9.17) is 19.9 Å². The van der Waals surface area contributed by atoms with E-state index in [0.29, 0.717) is 11.4 Å². The lowest BCUT2D eigenvalue weighted by atomic mass is 9.80. The van der Waals surface area contributed by atoms with E-state index < -0.39 is 36.4 Å². The molecule has 0 bridgehead atoms. The van der Waals surface area contributed by atoms with E-state index in [1.807, 2.05) is 0 Å². The molecule has 2 heterocycles. The second kappa shape index (κ2) is 10.9. The molecule has 2 unspecified atom stereocenters. The van der Waals surface area contributed by atoms with Gasteiger partial charge >= 0.3 is 18.1 Å². The Bertz CT molecular complexity index is 1090. The summed E-state index contributed by atoms with van der Waals surface area (Å²) in [5, 5.41) is 0. The van der Waals surface area contributed by atoms with Crippen molar-refractivity contribution < 1.29 is 37.0 Å². The molecular formula is C25H28F3N3O5. The van der Waals surface area contributed by atoms with Crippen molar-refractivity contribution in [2.24, 2.45) is 11.7 Å². The summed E-state index contributed by atoms with van der Waals surface area (Å²) in [6, 6.07) is 3.18. The summed E-state index contributed by atoms with van der Waals surface area (Å²) in [5.74, 6) is -4.16. The zero-order valence-electron chi connectivity index (χ0n) is 20.4. The van der Waals surface area contributed by atoms with Crippen molar-refractivity contribution in [3.8, 4) is 5.88 Å². The molecule has 0 spiro atoms. The third-order valence-corrected chi connectivity index (χ3v) is 5.88. The summed E-state index contributed by atoms with van der Waals surface area (Å²) in [5.41, 5.74) is 7.25. The number of nitrogens with zero attached hydrogens (tertiary/aromatic N) is 2. The highest BCUT2D eigenvalue weighted by molar-refractivity contribution is 6.00. The maximum Gasteiger partial charge on any atom is 0.395 e. The van der Waals surface area contributed by atoms with E-state index in [2.05, 4.69) is 4.98 Å². The maximum atomic E-state index is 13.5. The van der Waals surface area contributed by atoms with Gasteiger partial charge in [-0.3, -0.25) is 0 Å². The third-order valence-electron chi connectivity index (χ3n) is 5.88. The number of nitrogens with two attached hydrogens (primary N) is 1. The fourth-order valence-electron chi connectivity index (χ4n) is 4.27. The van der Waals surface area contributed by atoms with Crippen LogP contribution in [0.1, 0.15) is 38.7 Å². The number of ether oxygens (including phenoxy) is 3. The molecule has 0 saturated carbocycles. The van der Waals surface area contributed by atoms with Gasteiger partial charge in [0.15, 0.2) is 0 Å². The minimum absolute atomic E-state index is 0.0161. The molecule has 0 amide bonds. The summed E-state index contributed by atoms with van der Waals surface area (Å²) in [7, 11) is 1.44. The maximum absolute atomic E-state index is 13.5. The number of methoxy groups -OCH3 is 1. The lowest BCUT2D eigenvalue weighted by Crippen LogP contribution is -2.40. The Balaban J connectivity index is 2.25. The Morgan fingerprint density at radius 1 is 1.14 bits per heavy atom. The largest absolute Gasteiger partial charge is 0.481 e. The van der Waals surface area contributed by atoms with E-state index >= 15 is 0 Å². The van der Waals surface area contributed by atoms with Crippen LogP contribution in [0.4, 0.5) is 13.2 Å². The number of alkyl halides is 3. The van der Waals surface area contributed by atoms with Crippen molar-refractivity contribution in [3.05, 3.63) is 70.5 Å². The van der Waals surface area contributed by atoms with Gasteiger partial charge < -0.3 is 24.8 Å². The average molecular weight is 508 g/mol. The Morgan fingerprint density at radius 2 is 1.78 bits per heavy atom. The Hall–Kier alpha value is -3.76. The molecular weight excluding hydrogens is 479 g/mol. The standard InChI is InChI=1S/C25H28F3N3O5/c1-5-35-23(32)19-14(3)31(17-9-7-8-16(12-17)25(26,27)28)22(29)21(24(33)36-6-2)20(19)15-10-11-18(34-4)30-13-15/h7-11,13,16,20H,5-6,12,29H2,1-4H3. The van der Waals surface area contributed by atoms with Gasteiger partial charge in [-0.25, -0.2) is 14.6 Å². The second-order valence-corrected chi connectivity index (χ2v) is 8.04. The van der Waals surface area contributed by atoms with Crippen LogP contribution in [-0.2, 0) is 19.1 Å². The Labute approximate surface area is 206 Å². The monoisotopic (exact) mass is 507 g/mol. The number of carbonyl (C=O) groups is 2. The SMILES string of the molecule is CCOC(=O)C1=C(C)N(C2=CC=CC(C(F)(F)F)C2)C(N)=C(C(=O)OCC)C1c1ccc(OC)nc1. The van der Waals surface area contributed by atoms with E-state index in [1.165, 1.54) is 30.4 Å². The lowest BCUT2D eigenvalue weighted by molar-refractivity contribution is -0.161. The molecule has 8 nitrogen and oxygen atoms in total. The molecule has 0 aromatic carbocycles. The van der Waals surface area contributed by atoms with Crippen LogP contribution in [0.3, 0.4) is 0 Å². The molecule has 2 atom stereocenters. The third kappa shape index (κ3) is 5.24. The number of hydrogen-bond acceptors (Lipinski definition) is 8. The average Bonchev–Trinajstić information content (AvgIpc) is 2.83. The number of rotatable bonds is 7. The fraction of sp³-hybridized carbons (Fsp3) is 0.400. The smallest absolute Gasteiger partial charge is 0.395 e. The molecule has 1 aliphatic carbocycles. The van der Waals surface area contributed by atoms with Gasteiger partial charge in [-0.1, -0.05) is 18.2 Å². The summed E-state index contributed by atoms with van der Waals surface area (Å²) in [6.45, 7) is 4.83. The van der Waals surface area contributed by atoms with Gasteiger partial charge in [0, 0.05) is 30.1 Å². The number of hydrogen-bond donors (Lipinski definition) is 1. The molecule has 3 rings (SSSR count). The summed E-state index contributed by atoms with van der Waals surface area (Å²) < 4.78 is 56.2. The van der Waals surface area contributed by atoms with Gasteiger partial charge in [-0.2, -0.15) is 13.2 Å². The van der Waals surface area contributed by atoms with Crippen molar-refractivity contribution in [1.29, 1.82) is 0 Å². The first-order chi connectivity index (χ1) is 17.0. The Kier molecular flexibility index (Phi) is 8.11. The van der Waals surface area contributed by atoms with E-state index in [1.54, 1.807) is 32.9 Å². The van der Waals surface area contributed by atoms with Crippen LogP contribution in [0.2, 0.25) is 0 Å². The van der Waals surface area contributed by atoms with Gasteiger partial charge in [0.1, 0.15) is 5.82 Å². The first kappa shape index (κ1) is 26.8. The predicted molar refractivity (Wildman–Crippen MR) is 124 cm³/mol. The molecule has 11 heteroatoms. The molecule has 0 saturated heterocycles. The minimum Gasteiger partial charge on any atom is -0.481 e. The molecule has 1 aromatic heterocycles. The van der Waals surface area contributed by atoms with Crippen LogP contribution >= 0.6 is 0 Å². The number of allylic oxidation sites excluding steroid dienone is 5. The van der Waals surface area contributed by atoms with E-state index in [0.717, 1.165) is 6.08 Å². The van der Waals surface area contributed by atoms with Crippen LogP contribution in [0.5, 0.6) is 5.88 Å². The van der Waals surface area contributed by atoms with Gasteiger partial charge in [-0.15, -0.1) is 0 Å². The minimum atomic E-state index is -4.48. The molecule has 0 radical (unpaired) electrons. The highest BCUT2D eigenvalue weighted by Gasteiger charge is 2.44. The van der Waals surface area contributed by atoms with Crippen molar-refractivity contribution in [2.75, 3.05) is 20.3 Å². The second-order valence-electron chi connectivity index (χ2n) is 8.04. The number of carbonyl (C=O) groups excluding carboxylic acids is 2. The molecule has 0 fully saturated rings. The van der Waals surface area contributed by atoms with Crippen LogP contribution < -0.4 is 10.5 Å². The normalized spacial score (nSPS) is 20.3. The van der Waals surface area contributed by atoms with Crippen molar-refractivity contribution >= 4 is 11.9 Å². The summed E-state index contributed by atoms with van der Waals surface area (Å²) >= 11 is 0. The Morgan fingerprint density at radius 3 is 2.31 bits per heavy atom. The zero-order chi connectivity index (χ0) is 26.6. The highest BCUT2D eigenvalue weighted by atomic mass is 19.4. The van der Waals surface area contributed by atoms with Gasteiger partial charge in [0.25, 0.3) is 0 Å². The number of esters is 2. The number of halogens is 3. The zero-order valence-corrected chi connectivity index (χ0v) is 20.4. The molecule has 36 heavy (non-hydrogen) atoms. The molecule has 2 N–H and O–H groups in total. The predicted octanol–water partition coefficient (Wildman–Crippen LogP) is 4.08. The number of pyridine rings is 1. The van der Waals surface area contributed by atoms with E-state index in [-0.39, 0.29) is 41.6 Å². The van der Waals surface area contributed by atoms with Gasteiger partial charge in [-0.05, 0) is 32.4 Å². The van der Waals surface area contributed by atoms with Crippen LogP contribution in [0.25, 0.3) is 0 Å². The summed E-state index contributed by atoms with van der Waals surface area (Å²) in [4.78, 5) is 31.9. The van der Waals surface area contributed by atoms with E-state index in [9.17, 15) is 22.8 Å². The van der Waals surface area contributed by atoms with Gasteiger partial charge in [0.05, 0.1) is 43.3 Å². The van der Waals surface area contributed by atoms with Crippen molar-refractivity contribution in [2.45, 2.75) is 39.3 Å². The van der Waals surface area contributed by atoms with Crippen LogP contribution in [0, 0.1) is 5.92 Å². The topological polar surface area (TPSA) is 104 Å². The molecule has 1 aromatic rings. The first-order valence-electron chi connectivity index (χ1n) is 11.3. The van der Waals surface area contributed by atoms with Crippen LogP contribution in [0.15, 0.2) is 64.9 Å². The quantitative estimate of drug-likeness (QED) is 0.551. The highest BCUT2D eigenvalue weighted by Crippen LogP contribution is 2.45. The van der Waals surface area contributed by atoms with Crippen LogP contribution in [-0.4, -0.2) is 48.3 Å². The molecule has 194 valence electrons. The lowest BCUT2D eigenvalue weighted by Gasteiger charge is -2.39. The van der Waals surface area contributed by atoms with Crippen molar-refractivity contribution in [1.82, 2.24) is 9.88 Å². The molecule has 1 aliphatic heterocycles.